The van der Waals surface area contributed by atoms with Crippen molar-refractivity contribution in [3.63, 3.8) is 0 Å². The van der Waals surface area contributed by atoms with E-state index >= 15 is 0 Å². The summed E-state index contributed by atoms with van der Waals surface area (Å²) < 4.78 is 0. The van der Waals surface area contributed by atoms with Gasteiger partial charge in [0.15, 0.2) is 0 Å². The van der Waals surface area contributed by atoms with Crippen molar-refractivity contribution in [2.45, 2.75) is 77.9 Å². The Bertz CT molecular complexity index is 557. The number of hydrogen-bond donors (Lipinski definition) is 2. The van der Waals surface area contributed by atoms with E-state index in [2.05, 4.69) is 26.8 Å². The third-order valence-corrected chi connectivity index (χ3v) is 9.09. The van der Waals surface area contributed by atoms with Crippen LogP contribution in [-0.2, 0) is 0 Å². The Morgan fingerprint density at radius 3 is 2.42 bits per heavy atom. The van der Waals surface area contributed by atoms with Crippen LogP contribution >= 0.6 is 0 Å². The molecule has 0 radical (unpaired) electrons. The molecule has 0 amide bonds. The Labute approximate surface area is 146 Å². The van der Waals surface area contributed by atoms with Gasteiger partial charge in [0.25, 0.3) is 0 Å². The first-order chi connectivity index (χ1) is 11.3. The van der Waals surface area contributed by atoms with Crippen LogP contribution in [0.15, 0.2) is 0 Å². The zero-order valence-electron chi connectivity index (χ0n) is 15.4. The fraction of sp³-hybridized carbons (Fsp3) is 0.952. The van der Waals surface area contributed by atoms with Crippen LogP contribution in [0, 0.1) is 57.7 Å². The van der Waals surface area contributed by atoms with E-state index in [4.69, 9.17) is 0 Å². The third-order valence-electron chi connectivity index (χ3n) is 9.09. The molecular weight excluding hydrogens is 298 g/mol. The summed E-state index contributed by atoms with van der Waals surface area (Å²) in [6.07, 6.45) is 6.87. The molecule has 3 heteroatoms. The van der Waals surface area contributed by atoms with Crippen LogP contribution in [0.4, 0.5) is 0 Å². The summed E-state index contributed by atoms with van der Waals surface area (Å²) in [4.78, 5) is 0. The van der Waals surface area contributed by atoms with Crippen molar-refractivity contribution in [2.24, 2.45) is 46.3 Å². The first-order valence-corrected chi connectivity index (χ1v) is 10.1. The number of aliphatic hydroxyl groups is 2. The Morgan fingerprint density at radius 1 is 0.958 bits per heavy atom. The molecular formula is C21H33NO2. The fourth-order valence-corrected chi connectivity index (χ4v) is 7.93. The molecule has 0 aromatic rings. The molecule has 0 heterocycles. The van der Waals surface area contributed by atoms with Gasteiger partial charge in [-0.2, -0.15) is 5.26 Å². The highest BCUT2D eigenvalue weighted by Crippen LogP contribution is 2.67. The van der Waals surface area contributed by atoms with Crippen LogP contribution < -0.4 is 0 Å². The second kappa shape index (κ2) is 5.45. The molecule has 0 saturated heterocycles. The highest BCUT2D eigenvalue weighted by molar-refractivity contribution is 5.15. The summed E-state index contributed by atoms with van der Waals surface area (Å²) in [6.45, 7) is 6.86. The molecule has 10 atom stereocenters. The second-order valence-corrected chi connectivity index (χ2v) is 10.1. The summed E-state index contributed by atoms with van der Waals surface area (Å²) in [6, 6.07) is 2.55. The van der Waals surface area contributed by atoms with Gasteiger partial charge < -0.3 is 10.2 Å². The van der Waals surface area contributed by atoms with Crippen molar-refractivity contribution in [3.05, 3.63) is 0 Å². The van der Waals surface area contributed by atoms with Gasteiger partial charge >= 0.3 is 0 Å². The highest BCUT2D eigenvalue weighted by atomic mass is 16.3. The molecule has 2 N–H and O–H groups in total. The van der Waals surface area contributed by atoms with Crippen LogP contribution in [0.3, 0.4) is 0 Å². The first kappa shape index (κ1) is 16.9. The van der Waals surface area contributed by atoms with Crippen molar-refractivity contribution in [2.75, 3.05) is 0 Å². The zero-order chi connectivity index (χ0) is 17.3. The van der Waals surface area contributed by atoms with Gasteiger partial charge in [0, 0.05) is 0 Å². The molecule has 4 fully saturated rings. The molecule has 4 aliphatic carbocycles. The molecule has 0 aromatic carbocycles. The fourth-order valence-electron chi connectivity index (χ4n) is 7.93. The predicted octanol–water partition coefficient (Wildman–Crippen LogP) is 3.75. The number of aliphatic hydroxyl groups excluding tert-OH is 2. The third kappa shape index (κ3) is 2.08. The summed E-state index contributed by atoms with van der Waals surface area (Å²) in [5.74, 6) is 2.55. The largest absolute Gasteiger partial charge is 0.393 e. The van der Waals surface area contributed by atoms with E-state index < -0.39 is 0 Å². The second-order valence-electron chi connectivity index (χ2n) is 10.1. The topological polar surface area (TPSA) is 64.2 Å². The van der Waals surface area contributed by atoms with Crippen molar-refractivity contribution in [1.82, 2.24) is 0 Å². The molecule has 3 nitrogen and oxygen atoms in total. The molecule has 0 aliphatic heterocycles. The average Bonchev–Trinajstić information content (AvgIpc) is 2.84. The number of fused-ring (bicyclic) bond motifs is 5. The Balaban J connectivity index is 1.69. The van der Waals surface area contributed by atoms with Crippen molar-refractivity contribution in [1.29, 1.82) is 5.26 Å². The van der Waals surface area contributed by atoms with Gasteiger partial charge in [-0.25, -0.2) is 0 Å². The number of rotatable bonds is 0. The minimum absolute atomic E-state index is 0.0122. The summed E-state index contributed by atoms with van der Waals surface area (Å²) in [5, 5.41) is 31.2. The Kier molecular flexibility index (Phi) is 3.83. The van der Waals surface area contributed by atoms with Crippen LogP contribution in [-0.4, -0.2) is 22.4 Å². The van der Waals surface area contributed by atoms with Gasteiger partial charge in [-0.15, -0.1) is 0 Å². The quantitative estimate of drug-likeness (QED) is 0.710. The lowest BCUT2D eigenvalue weighted by Gasteiger charge is -2.62. The number of nitrogens with zero attached hydrogens (tertiary/aromatic N) is 1. The number of hydrogen-bond acceptors (Lipinski definition) is 3. The van der Waals surface area contributed by atoms with Crippen molar-refractivity contribution in [3.8, 4) is 6.07 Å². The van der Waals surface area contributed by atoms with E-state index in [1.807, 2.05) is 0 Å². The van der Waals surface area contributed by atoms with E-state index in [0.717, 1.165) is 25.7 Å². The zero-order valence-corrected chi connectivity index (χ0v) is 15.4. The van der Waals surface area contributed by atoms with E-state index in [9.17, 15) is 15.5 Å². The Hall–Kier alpha value is -0.590. The van der Waals surface area contributed by atoms with Gasteiger partial charge in [0.05, 0.1) is 24.2 Å². The normalized spacial score (nSPS) is 59.8. The SMILES string of the molecule is CC1CC2(C)C(CCC3C4CCC(C#N)C4(C)CC(O)C32)CC1O. The highest BCUT2D eigenvalue weighted by Gasteiger charge is 2.63. The van der Waals surface area contributed by atoms with E-state index in [0.29, 0.717) is 29.6 Å². The van der Waals surface area contributed by atoms with Crippen LogP contribution in [0.5, 0.6) is 0 Å². The lowest BCUT2D eigenvalue weighted by atomic mass is 9.43. The predicted molar refractivity (Wildman–Crippen MR) is 92.8 cm³/mol. The molecule has 4 rings (SSSR count). The van der Waals surface area contributed by atoms with Gasteiger partial charge in [-0.1, -0.05) is 20.8 Å². The summed E-state index contributed by atoms with van der Waals surface area (Å²) >= 11 is 0. The standard InChI is InChI=1S/C21H33NO2/c1-12-9-21(3)13(8-17(12)23)4-6-15-16-7-5-14(11-22)20(16,2)10-18(24)19(15)21/h12-19,23-24H,4-10H2,1-3H3. The minimum atomic E-state index is -0.277. The Morgan fingerprint density at radius 2 is 1.71 bits per heavy atom. The molecule has 4 saturated carbocycles. The molecule has 24 heavy (non-hydrogen) atoms. The molecule has 0 aromatic heterocycles. The summed E-state index contributed by atoms with van der Waals surface area (Å²) in [7, 11) is 0. The van der Waals surface area contributed by atoms with Crippen LogP contribution in [0.2, 0.25) is 0 Å². The number of nitriles is 1. The lowest BCUT2D eigenvalue weighted by molar-refractivity contribution is -0.183. The molecule has 0 spiro atoms. The van der Waals surface area contributed by atoms with Crippen LogP contribution in [0.1, 0.15) is 65.7 Å². The molecule has 0 bridgehead atoms. The van der Waals surface area contributed by atoms with Gasteiger partial charge in [-0.3, -0.25) is 0 Å². The molecule has 134 valence electrons. The maximum absolute atomic E-state index is 11.2. The maximum atomic E-state index is 11.2. The van der Waals surface area contributed by atoms with Gasteiger partial charge in [-0.05, 0) is 85.4 Å². The smallest absolute Gasteiger partial charge is 0.0661 e. The maximum Gasteiger partial charge on any atom is 0.0661 e. The average molecular weight is 332 g/mol. The van der Waals surface area contributed by atoms with Crippen molar-refractivity contribution >= 4 is 0 Å². The minimum Gasteiger partial charge on any atom is -0.393 e. The van der Waals surface area contributed by atoms with Crippen LogP contribution in [0.25, 0.3) is 0 Å². The van der Waals surface area contributed by atoms with Crippen molar-refractivity contribution < 1.29 is 10.2 Å². The van der Waals surface area contributed by atoms with Gasteiger partial charge in [0.2, 0.25) is 0 Å². The monoisotopic (exact) mass is 331 g/mol. The molecule has 10 unspecified atom stereocenters. The van der Waals surface area contributed by atoms with Gasteiger partial charge in [0.1, 0.15) is 0 Å². The molecule has 4 aliphatic rings. The summed E-state index contributed by atoms with van der Waals surface area (Å²) in [5.41, 5.74) is 0.172. The van der Waals surface area contributed by atoms with E-state index in [-0.39, 0.29) is 29.0 Å². The van der Waals surface area contributed by atoms with E-state index in [1.54, 1.807) is 0 Å². The first-order valence-electron chi connectivity index (χ1n) is 10.1. The van der Waals surface area contributed by atoms with E-state index in [1.165, 1.54) is 19.3 Å². The lowest BCUT2D eigenvalue weighted by Crippen LogP contribution is -2.60.